The lowest BCUT2D eigenvalue weighted by Gasteiger charge is -2.36. The van der Waals surface area contributed by atoms with Crippen LogP contribution < -0.4 is 5.32 Å². The van der Waals surface area contributed by atoms with Crippen molar-refractivity contribution in [1.29, 1.82) is 0 Å². The first-order valence-electron chi connectivity index (χ1n) is 6.58. The number of amides is 1. The number of Topliss-reactive ketones (excluding diaryl/α,β-unsaturated/α-hetero) is 1. The molecule has 1 unspecified atom stereocenters. The Morgan fingerprint density at radius 1 is 1.06 bits per heavy atom. The SMILES string of the molecule is O=C(NC1CC1)C1C[C@H]2CCC[C@@H](C1)C2=O. The summed E-state index contributed by atoms with van der Waals surface area (Å²) in [4.78, 5) is 23.8. The summed E-state index contributed by atoms with van der Waals surface area (Å²) < 4.78 is 0. The molecule has 0 spiro atoms. The minimum Gasteiger partial charge on any atom is -0.353 e. The van der Waals surface area contributed by atoms with E-state index in [-0.39, 0.29) is 23.7 Å². The van der Waals surface area contributed by atoms with E-state index in [0.29, 0.717) is 11.8 Å². The molecule has 0 saturated heterocycles. The monoisotopic (exact) mass is 221 g/mol. The number of fused-ring (bicyclic) bond motifs is 2. The number of rotatable bonds is 2. The molecule has 3 aliphatic rings. The molecular weight excluding hydrogens is 202 g/mol. The second kappa shape index (κ2) is 3.86. The molecule has 3 rings (SSSR count). The normalized spacial score (nSPS) is 38.2. The van der Waals surface area contributed by atoms with Gasteiger partial charge in [0.15, 0.2) is 0 Å². The lowest BCUT2D eigenvalue weighted by molar-refractivity contribution is -0.137. The van der Waals surface area contributed by atoms with E-state index >= 15 is 0 Å². The number of hydrogen-bond acceptors (Lipinski definition) is 2. The lowest BCUT2D eigenvalue weighted by Crippen LogP contribution is -2.43. The summed E-state index contributed by atoms with van der Waals surface area (Å²) in [5.41, 5.74) is 0. The lowest BCUT2D eigenvalue weighted by atomic mass is 9.67. The minimum atomic E-state index is 0.119. The van der Waals surface area contributed by atoms with Crippen molar-refractivity contribution >= 4 is 11.7 Å². The molecule has 3 saturated carbocycles. The van der Waals surface area contributed by atoms with Gasteiger partial charge in [0, 0.05) is 23.8 Å². The van der Waals surface area contributed by atoms with E-state index < -0.39 is 0 Å². The first-order chi connectivity index (χ1) is 7.74. The van der Waals surface area contributed by atoms with E-state index in [4.69, 9.17) is 0 Å². The van der Waals surface area contributed by atoms with Gasteiger partial charge in [0.05, 0.1) is 0 Å². The molecule has 16 heavy (non-hydrogen) atoms. The molecule has 0 aromatic heterocycles. The van der Waals surface area contributed by atoms with Crippen LogP contribution in [0.25, 0.3) is 0 Å². The van der Waals surface area contributed by atoms with Crippen LogP contribution in [0.5, 0.6) is 0 Å². The summed E-state index contributed by atoms with van der Waals surface area (Å²) in [6.07, 6.45) is 7.12. The average Bonchev–Trinajstić information content (AvgIpc) is 3.00. The Morgan fingerprint density at radius 3 is 2.25 bits per heavy atom. The first kappa shape index (κ1) is 10.3. The first-order valence-corrected chi connectivity index (χ1v) is 6.58. The number of hydrogen-bond donors (Lipinski definition) is 1. The fourth-order valence-electron chi connectivity index (χ4n) is 3.24. The van der Waals surface area contributed by atoms with Crippen LogP contribution >= 0.6 is 0 Å². The van der Waals surface area contributed by atoms with Crippen molar-refractivity contribution in [1.82, 2.24) is 5.32 Å². The van der Waals surface area contributed by atoms with Crippen LogP contribution in [0.2, 0.25) is 0 Å². The summed E-state index contributed by atoms with van der Waals surface area (Å²) in [5, 5.41) is 3.08. The Balaban J connectivity index is 1.64. The Labute approximate surface area is 96.0 Å². The van der Waals surface area contributed by atoms with Crippen LogP contribution in [-0.2, 0) is 9.59 Å². The highest BCUT2D eigenvalue weighted by molar-refractivity contribution is 5.88. The van der Waals surface area contributed by atoms with Gasteiger partial charge in [-0.3, -0.25) is 9.59 Å². The van der Waals surface area contributed by atoms with Gasteiger partial charge in [0.2, 0.25) is 5.91 Å². The second-order valence-electron chi connectivity index (χ2n) is 5.68. The molecule has 0 aromatic carbocycles. The summed E-state index contributed by atoms with van der Waals surface area (Å²) in [7, 11) is 0. The predicted molar refractivity (Wildman–Crippen MR) is 59.7 cm³/mol. The molecule has 0 aromatic rings. The van der Waals surface area contributed by atoms with E-state index in [2.05, 4.69) is 5.32 Å². The summed E-state index contributed by atoms with van der Waals surface area (Å²) >= 11 is 0. The van der Waals surface area contributed by atoms with Crippen LogP contribution in [-0.4, -0.2) is 17.7 Å². The number of carbonyl (C=O) groups excluding carboxylic acids is 2. The van der Waals surface area contributed by atoms with Gasteiger partial charge in [-0.2, -0.15) is 0 Å². The van der Waals surface area contributed by atoms with E-state index in [9.17, 15) is 9.59 Å². The van der Waals surface area contributed by atoms with E-state index in [1.54, 1.807) is 0 Å². The zero-order valence-corrected chi connectivity index (χ0v) is 9.58. The fourth-order valence-corrected chi connectivity index (χ4v) is 3.24. The molecule has 0 heterocycles. The van der Waals surface area contributed by atoms with Crippen molar-refractivity contribution in [3.05, 3.63) is 0 Å². The third-order valence-corrected chi connectivity index (χ3v) is 4.34. The maximum Gasteiger partial charge on any atom is 0.223 e. The van der Waals surface area contributed by atoms with Gasteiger partial charge in [-0.1, -0.05) is 6.42 Å². The number of ketones is 1. The van der Waals surface area contributed by atoms with Crippen LogP contribution in [0, 0.1) is 17.8 Å². The van der Waals surface area contributed by atoms with Gasteiger partial charge >= 0.3 is 0 Å². The highest BCUT2D eigenvalue weighted by atomic mass is 16.2. The molecule has 0 radical (unpaired) electrons. The van der Waals surface area contributed by atoms with Crippen LogP contribution in [0.3, 0.4) is 0 Å². The largest absolute Gasteiger partial charge is 0.353 e. The van der Waals surface area contributed by atoms with E-state index in [1.807, 2.05) is 0 Å². The molecule has 3 atom stereocenters. The average molecular weight is 221 g/mol. The molecule has 1 N–H and O–H groups in total. The van der Waals surface area contributed by atoms with Gasteiger partial charge in [0.1, 0.15) is 5.78 Å². The van der Waals surface area contributed by atoms with Gasteiger partial charge in [-0.25, -0.2) is 0 Å². The Bertz CT molecular complexity index is 306. The van der Waals surface area contributed by atoms with Crippen LogP contribution in [0.1, 0.15) is 44.9 Å². The number of carbonyl (C=O) groups is 2. The third-order valence-electron chi connectivity index (χ3n) is 4.34. The highest BCUT2D eigenvalue weighted by Crippen LogP contribution is 2.40. The highest BCUT2D eigenvalue weighted by Gasteiger charge is 2.41. The summed E-state index contributed by atoms with van der Waals surface area (Å²) in [5.74, 6) is 1.17. The van der Waals surface area contributed by atoms with Crippen LogP contribution in [0.4, 0.5) is 0 Å². The molecule has 3 nitrogen and oxygen atoms in total. The fraction of sp³-hybridized carbons (Fsp3) is 0.846. The number of nitrogens with one attached hydrogen (secondary N) is 1. The Hall–Kier alpha value is -0.860. The van der Waals surface area contributed by atoms with Gasteiger partial charge in [-0.05, 0) is 38.5 Å². The summed E-state index contributed by atoms with van der Waals surface area (Å²) in [6.45, 7) is 0. The predicted octanol–water partition coefficient (Wildman–Crippen LogP) is 1.66. The second-order valence-corrected chi connectivity index (χ2v) is 5.68. The van der Waals surface area contributed by atoms with Crippen molar-refractivity contribution in [2.24, 2.45) is 17.8 Å². The zero-order chi connectivity index (χ0) is 11.1. The topological polar surface area (TPSA) is 46.2 Å². The minimum absolute atomic E-state index is 0.119. The van der Waals surface area contributed by atoms with Gasteiger partial charge < -0.3 is 5.32 Å². The van der Waals surface area contributed by atoms with Crippen molar-refractivity contribution in [3.8, 4) is 0 Å². The van der Waals surface area contributed by atoms with E-state index in [1.165, 1.54) is 6.42 Å². The quantitative estimate of drug-likeness (QED) is 0.770. The molecule has 3 aliphatic carbocycles. The smallest absolute Gasteiger partial charge is 0.223 e. The van der Waals surface area contributed by atoms with E-state index in [0.717, 1.165) is 38.5 Å². The maximum absolute atomic E-state index is 12.0. The third kappa shape index (κ3) is 1.87. The molecule has 0 aliphatic heterocycles. The van der Waals surface area contributed by atoms with Crippen molar-refractivity contribution in [3.63, 3.8) is 0 Å². The van der Waals surface area contributed by atoms with Crippen LogP contribution in [0.15, 0.2) is 0 Å². The Morgan fingerprint density at radius 2 is 1.69 bits per heavy atom. The molecule has 2 bridgehead atoms. The summed E-state index contributed by atoms with van der Waals surface area (Å²) in [6, 6.07) is 0.449. The molecule has 3 fully saturated rings. The van der Waals surface area contributed by atoms with Crippen molar-refractivity contribution in [2.75, 3.05) is 0 Å². The standard InChI is InChI=1S/C13H19NO2/c15-12-8-2-1-3-9(12)7-10(6-8)13(16)14-11-4-5-11/h8-11H,1-7H2,(H,14,16)/t8-,9+,10?. The maximum atomic E-state index is 12.0. The van der Waals surface area contributed by atoms with Crippen molar-refractivity contribution < 1.29 is 9.59 Å². The van der Waals surface area contributed by atoms with Gasteiger partial charge in [-0.15, -0.1) is 0 Å². The van der Waals surface area contributed by atoms with Gasteiger partial charge in [0.25, 0.3) is 0 Å². The molecule has 3 heteroatoms. The molecule has 1 amide bonds. The molecular formula is C13H19NO2. The molecule has 88 valence electrons. The zero-order valence-electron chi connectivity index (χ0n) is 9.58. The van der Waals surface area contributed by atoms with Crippen molar-refractivity contribution in [2.45, 2.75) is 51.0 Å². The Kier molecular flexibility index (Phi) is 2.49.